The fourth-order valence-electron chi connectivity index (χ4n) is 2.86. The average molecular weight is 335 g/mol. The summed E-state index contributed by atoms with van der Waals surface area (Å²) in [5.74, 6) is 1.62. The summed E-state index contributed by atoms with van der Waals surface area (Å²) in [6, 6.07) is 17.2. The molecule has 1 aliphatic heterocycles. The van der Waals surface area contributed by atoms with Gasteiger partial charge < -0.3 is 14.6 Å². The molecule has 0 spiro atoms. The van der Waals surface area contributed by atoms with Crippen LogP contribution in [0.15, 0.2) is 59.1 Å². The molecule has 4 rings (SSSR count). The second kappa shape index (κ2) is 6.76. The van der Waals surface area contributed by atoms with Crippen LogP contribution in [0.4, 0.5) is 5.69 Å². The van der Waals surface area contributed by atoms with E-state index in [0.29, 0.717) is 18.3 Å². The maximum Gasteiger partial charge on any atom is 0.233 e. The van der Waals surface area contributed by atoms with Gasteiger partial charge in [-0.05, 0) is 30.2 Å². The SMILES string of the molecule is O=C(Cc1noc(C2COc3ccccc3C2)n1)Nc1ccccc1. The molecular weight excluding hydrogens is 318 g/mol. The van der Waals surface area contributed by atoms with Crippen LogP contribution < -0.4 is 10.1 Å². The van der Waals surface area contributed by atoms with Gasteiger partial charge in [0, 0.05) is 5.69 Å². The van der Waals surface area contributed by atoms with Crippen LogP contribution in [0.25, 0.3) is 0 Å². The number of nitrogens with one attached hydrogen (secondary N) is 1. The third kappa shape index (κ3) is 3.52. The first kappa shape index (κ1) is 15.4. The van der Waals surface area contributed by atoms with Gasteiger partial charge in [0.2, 0.25) is 11.8 Å². The van der Waals surface area contributed by atoms with Gasteiger partial charge in [0.1, 0.15) is 12.4 Å². The number of rotatable bonds is 4. The molecule has 1 unspecified atom stereocenters. The van der Waals surface area contributed by atoms with Crippen molar-refractivity contribution >= 4 is 11.6 Å². The van der Waals surface area contributed by atoms with Crippen molar-refractivity contribution in [1.29, 1.82) is 0 Å². The van der Waals surface area contributed by atoms with E-state index < -0.39 is 0 Å². The van der Waals surface area contributed by atoms with E-state index in [0.717, 1.165) is 23.4 Å². The summed E-state index contributed by atoms with van der Waals surface area (Å²) >= 11 is 0. The van der Waals surface area contributed by atoms with Gasteiger partial charge in [-0.25, -0.2) is 0 Å². The summed E-state index contributed by atoms with van der Waals surface area (Å²) in [7, 11) is 0. The fraction of sp³-hybridized carbons (Fsp3) is 0.211. The number of hydrogen-bond acceptors (Lipinski definition) is 5. The van der Waals surface area contributed by atoms with Gasteiger partial charge in [0.25, 0.3) is 0 Å². The van der Waals surface area contributed by atoms with Crippen molar-refractivity contribution < 1.29 is 14.1 Å². The normalized spacial score (nSPS) is 15.9. The minimum Gasteiger partial charge on any atom is -0.492 e. The van der Waals surface area contributed by atoms with Crippen LogP contribution in [0.5, 0.6) is 5.75 Å². The number of hydrogen-bond donors (Lipinski definition) is 1. The summed E-state index contributed by atoms with van der Waals surface area (Å²) in [4.78, 5) is 16.4. The molecule has 0 saturated carbocycles. The minimum absolute atomic E-state index is 0.00772. The van der Waals surface area contributed by atoms with Crippen LogP contribution in [0.2, 0.25) is 0 Å². The van der Waals surface area contributed by atoms with E-state index in [-0.39, 0.29) is 18.2 Å². The number of para-hydroxylation sites is 2. The zero-order valence-corrected chi connectivity index (χ0v) is 13.5. The Bertz CT molecular complexity index is 876. The second-order valence-electron chi connectivity index (χ2n) is 5.96. The average Bonchev–Trinajstić information content (AvgIpc) is 3.10. The van der Waals surface area contributed by atoms with E-state index in [4.69, 9.17) is 9.26 Å². The van der Waals surface area contributed by atoms with E-state index in [2.05, 4.69) is 15.5 Å². The number of carbonyl (C=O) groups excluding carboxylic acids is 1. The lowest BCUT2D eigenvalue weighted by atomic mass is 9.97. The zero-order chi connectivity index (χ0) is 17.1. The van der Waals surface area contributed by atoms with Crippen LogP contribution in [0.1, 0.15) is 23.2 Å². The minimum atomic E-state index is -0.177. The molecule has 0 saturated heterocycles. The highest BCUT2D eigenvalue weighted by atomic mass is 16.5. The lowest BCUT2D eigenvalue weighted by molar-refractivity contribution is -0.115. The van der Waals surface area contributed by atoms with Crippen LogP contribution in [0.3, 0.4) is 0 Å². The predicted octanol–water partition coefficient (Wildman–Crippen LogP) is 2.97. The number of benzene rings is 2. The van der Waals surface area contributed by atoms with Gasteiger partial charge in [-0.15, -0.1) is 0 Å². The molecule has 2 heterocycles. The van der Waals surface area contributed by atoms with E-state index in [9.17, 15) is 4.79 Å². The molecule has 1 amide bonds. The lowest BCUT2D eigenvalue weighted by Crippen LogP contribution is -2.19. The molecule has 126 valence electrons. The van der Waals surface area contributed by atoms with Crippen LogP contribution in [0, 0.1) is 0 Å². The van der Waals surface area contributed by atoms with Gasteiger partial charge in [0.15, 0.2) is 5.82 Å². The Hall–Kier alpha value is -3.15. The Morgan fingerprint density at radius 3 is 2.80 bits per heavy atom. The van der Waals surface area contributed by atoms with E-state index in [1.165, 1.54) is 0 Å². The van der Waals surface area contributed by atoms with Crippen molar-refractivity contribution in [2.24, 2.45) is 0 Å². The highest BCUT2D eigenvalue weighted by Crippen LogP contribution is 2.31. The van der Waals surface area contributed by atoms with Gasteiger partial charge >= 0.3 is 0 Å². The predicted molar refractivity (Wildman–Crippen MR) is 91.5 cm³/mol. The first-order valence-corrected chi connectivity index (χ1v) is 8.16. The van der Waals surface area contributed by atoms with Gasteiger partial charge in [-0.2, -0.15) is 4.98 Å². The van der Waals surface area contributed by atoms with Crippen molar-refractivity contribution in [2.75, 3.05) is 11.9 Å². The molecule has 1 atom stereocenters. The number of carbonyl (C=O) groups is 1. The number of fused-ring (bicyclic) bond motifs is 1. The molecule has 6 nitrogen and oxygen atoms in total. The first-order chi connectivity index (χ1) is 12.3. The molecule has 1 aliphatic rings. The molecule has 6 heteroatoms. The number of amides is 1. The Labute approximate surface area is 144 Å². The third-order valence-corrected chi connectivity index (χ3v) is 4.09. The van der Waals surface area contributed by atoms with E-state index in [1.807, 2.05) is 54.6 Å². The summed E-state index contributed by atoms with van der Waals surface area (Å²) < 4.78 is 11.1. The molecule has 0 fully saturated rings. The molecule has 25 heavy (non-hydrogen) atoms. The Balaban J connectivity index is 1.40. The van der Waals surface area contributed by atoms with Crippen molar-refractivity contribution in [1.82, 2.24) is 10.1 Å². The molecule has 1 aromatic heterocycles. The van der Waals surface area contributed by atoms with Crippen molar-refractivity contribution in [3.05, 3.63) is 71.9 Å². The van der Waals surface area contributed by atoms with E-state index >= 15 is 0 Å². The number of ether oxygens (including phenoxy) is 1. The highest BCUT2D eigenvalue weighted by Gasteiger charge is 2.26. The Morgan fingerprint density at radius 2 is 1.92 bits per heavy atom. The third-order valence-electron chi connectivity index (χ3n) is 4.09. The molecule has 0 aliphatic carbocycles. The number of anilines is 1. The molecule has 0 bridgehead atoms. The first-order valence-electron chi connectivity index (χ1n) is 8.16. The molecule has 0 radical (unpaired) electrons. The summed E-state index contributed by atoms with van der Waals surface area (Å²) in [6.07, 6.45) is 0.858. The van der Waals surface area contributed by atoms with Crippen molar-refractivity contribution in [3.63, 3.8) is 0 Å². The summed E-state index contributed by atoms with van der Waals surface area (Å²) in [5.41, 5.74) is 1.87. The van der Waals surface area contributed by atoms with Crippen molar-refractivity contribution in [2.45, 2.75) is 18.8 Å². The number of nitrogens with zero attached hydrogens (tertiary/aromatic N) is 2. The topological polar surface area (TPSA) is 77.2 Å². The maximum atomic E-state index is 12.1. The highest BCUT2D eigenvalue weighted by molar-refractivity contribution is 5.91. The second-order valence-corrected chi connectivity index (χ2v) is 5.96. The summed E-state index contributed by atoms with van der Waals surface area (Å²) in [6.45, 7) is 0.495. The maximum absolute atomic E-state index is 12.1. The quantitative estimate of drug-likeness (QED) is 0.793. The fourth-order valence-corrected chi connectivity index (χ4v) is 2.86. The standard InChI is InChI=1S/C19H17N3O3/c23-18(20-15-7-2-1-3-8-15)11-17-21-19(25-22-17)14-10-13-6-4-5-9-16(13)24-12-14/h1-9,14H,10-12H2,(H,20,23). The largest absolute Gasteiger partial charge is 0.492 e. The van der Waals surface area contributed by atoms with Gasteiger partial charge in [-0.1, -0.05) is 41.6 Å². The monoisotopic (exact) mass is 335 g/mol. The molecule has 3 aromatic rings. The van der Waals surface area contributed by atoms with Crippen LogP contribution in [-0.2, 0) is 17.6 Å². The van der Waals surface area contributed by atoms with Gasteiger partial charge in [0.05, 0.1) is 12.3 Å². The zero-order valence-electron chi connectivity index (χ0n) is 13.5. The number of aromatic nitrogens is 2. The molecule has 1 N–H and O–H groups in total. The summed E-state index contributed by atoms with van der Waals surface area (Å²) in [5, 5.41) is 6.73. The van der Waals surface area contributed by atoms with Crippen LogP contribution in [-0.4, -0.2) is 22.7 Å². The Morgan fingerprint density at radius 1 is 1.12 bits per heavy atom. The van der Waals surface area contributed by atoms with E-state index in [1.54, 1.807) is 0 Å². The van der Waals surface area contributed by atoms with Gasteiger partial charge in [-0.3, -0.25) is 4.79 Å². The smallest absolute Gasteiger partial charge is 0.233 e. The Kier molecular flexibility index (Phi) is 4.16. The molecule has 2 aromatic carbocycles. The van der Waals surface area contributed by atoms with Crippen molar-refractivity contribution in [3.8, 4) is 5.75 Å². The molecular formula is C19H17N3O3. The van der Waals surface area contributed by atoms with Crippen LogP contribution >= 0.6 is 0 Å². The lowest BCUT2D eigenvalue weighted by Gasteiger charge is -2.22.